The van der Waals surface area contributed by atoms with Crippen LogP contribution in [0.4, 0.5) is 0 Å². The van der Waals surface area contributed by atoms with E-state index in [0.29, 0.717) is 25.0 Å². The van der Waals surface area contributed by atoms with E-state index in [0.717, 1.165) is 11.3 Å². The van der Waals surface area contributed by atoms with E-state index in [1.54, 1.807) is 24.3 Å². The summed E-state index contributed by atoms with van der Waals surface area (Å²) in [6.45, 7) is 0.579. The lowest BCUT2D eigenvalue weighted by molar-refractivity contribution is -0.0564. The molecule has 0 aliphatic carbocycles. The maximum Gasteiger partial charge on any atom is 0.338 e. The average molecular weight is 350 g/mol. The lowest BCUT2D eigenvalue weighted by atomic mass is 9.99. The highest BCUT2D eigenvalue weighted by atomic mass is 16.6. The van der Waals surface area contributed by atoms with Gasteiger partial charge in [-0.15, -0.1) is 5.10 Å². The molecule has 2 heterocycles. The summed E-state index contributed by atoms with van der Waals surface area (Å²) >= 11 is 0. The minimum absolute atomic E-state index is 0.0371. The van der Waals surface area contributed by atoms with E-state index in [2.05, 4.69) is 15.5 Å². The summed E-state index contributed by atoms with van der Waals surface area (Å²) in [7, 11) is 0. The van der Waals surface area contributed by atoms with Crippen LogP contribution in [-0.2, 0) is 9.47 Å². The number of hydrogen-bond acceptors (Lipinski definition) is 6. The first-order valence-electron chi connectivity index (χ1n) is 8.50. The minimum Gasteiger partial charge on any atom is -0.459 e. The SMILES string of the molecule is O=C(O[C@@H]1CCO[C@H](c2ccccc2)C1)c1ccc(-n2cnnn2)cc1. The first-order valence-corrected chi connectivity index (χ1v) is 8.50. The van der Waals surface area contributed by atoms with Crippen molar-refractivity contribution in [3.05, 3.63) is 72.1 Å². The van der Waals surface area contributed by atoms with Crippen molar-refractivity contribution in [1.29, 1.82) is 0 Å². The number of esters is 1. The highest BCUT2D eigenvalue weighted by molar-refractivity contribution is 5.89. The van der Waals surface area contributed by atoms with E-state index in [9.17, 15) is 4.79 Å². The summed E-state index contributed by atoms with van der Waals surface area (Å²) in [5.41, 5.74) is 2.39. The van der Waals surface area contributed by atoms with Crippen LogP contribution in [0.2, 0.25) is 0 Å². The molecule has 0 radical (unpaired) electrons. The standard InChI is InChI=1S/C19H18N4O3/c24-19(15-6-8-16(9-7-15)23-13-20-21-22-23)26-17-10-11-25-18(12-17)14-4-2-1-3-5-14/h1-9,13,17-18H,10-12H2/t17-,18+/m1/s1. The van der Waals surface area contributed by atoms with Gasteiger partial charge in [0, 0.05) is 12.8 Å². The molecule has 1 aliphatic rings. The number of carbonyl (C=O) groups excluding carboxylic acids is 1. The van der Waals surface area contributed by atoms with Crippen LogP contribution in [0.3, 0.4) is 0 Å². The van der Waals surface area contributed by atoms with Crippen molar-refractivity contribution in [3.63, 3.8) is 0 Å². The average Bonchev–Trinajstić information content (AvgIpc) is 3.24. The zero-order valence-electron chi connectivity index (χ0n) is 14.1. The van der Waals surface area contributed by atoms with Gasteiger partial charge in [0.25, 0.3) is 0 Å². The Kier molecular flexibility index (Phi) is 4.70. The molecule has 0 amide bonds. The van der Waals surface area contributed by atoms with Gasteiger partial charge >= 0.3 is 5.97 Å². The Bertz CT molecular complexity index is 850. The van der Waals surface area contributed by atoms with Gasteiger partial charge in [0.1, 0.15) is 12.4 Å². The number of aromatic nitrogens is 4. The van der Waals surface area contributed by atoms with Gasteiger partial charge in [-0.25, -0.2) is 9.48 Å². The van der Waals surface area contributed by atoms with Crippen LogP contribution >= 0.6 is 0 Å². The Hall–Kier alpha value is -3.06. The van der Waals surface area contributed by atoms with Gasteiger partial charge in [-0.1, -0.05) is 30.3 Å². The smallest absolute Gasteiger partial charge is 0.338 e. The van der Waals surface area contributed by atoms with Crippen LogP contribution in [-0.4, -0.2) is 38.9 Å². The maximum absolute atomic E-state index is 12.4. The number of ether oxygens (including phenoxy) is 2. The Labute approximate surface area is 150 Å². The molecule has 2 aromatic carbocycles. The third-order valence-corrected chi connectivity index (χ3v) is 4.40. The lowest BCUT2D eigenvalue weighted by Gasteiger charge is -2.29. The normalized spacial score (nSPS) is 19.8. The fraction of sp³-hybridized carbons (Fsp3) is 0.263. The van der Waals surface area contributed by atoms with Crippen molar-refractivity contribution in [2.75, 3.05) is 6.61 Å². The number of hydrogen-bond donors (Lipinski definition) is 0. The van der Waals surface area contributed by atoms with Crippen LogP contribution < -0.4 is 0 Å². The predicted molar refractivity (Wildman–Crippen MR) is 92.7 cm³/mol. The second-order valence-electron chi connectivity index (χ2n) is 6.12. The van der Waals surface area contributed by atoms with Crippen molar-refractivity contribution < 1.29 is 14.3 Å². The van der Waals surface area contributed by atoms with Gasteiger partial charge in [0.05, 0.1) is 24.0 Å². The monoisotopic (exact) mass is 350 g/mol. The van der Waals surface area contributed by atoms with Crippen molar-refractivity contribution >= 4 is 5.97 Å². The highest BCUT2D eigenvalue weighted by Gasteiger charge is 2.26. The van der Waals surface area contributed by atoms with Crippen molar-refractivity contribution in [2.24, 2.45) is 0 Å². The zero-order valence-corrected chi connectivity index (χ0v) is 14.1. The van der Waals surface area contributed by atoms with E-state index < -0.39 is 0 Å². The van der Waals surface area contributed by atoms with Crippen LogP contribution in [0, 0.1) is 0 Å². The van der Waals surface area contributed by atoms with Gasteiger partial charge in [0.15, 0.2) is 0 Å². The van der Waals surface area contributed by atoms with E-state index in [1.165, 1.54) is 11.0 Å². The summed E-state index contributed by atoms with van der Waals surface area (Å²) in [5.74, 6) is -0.327. The van der Waals surface area contributed by atoms with Gasteiger partial charge in [0.2, 0.25) is 0 Å². The van der Waals surface area contributed by atoms with Gasteiger partial charge in [-0.3, -0.25) is 0 Å². The number of tetrazole rings is 1. The van der Waals surface area contributed by atoms with Crippen molar-refractivity contribution in [1.82, 2.24) is 20.2 Å². The molecule has 0 saturated carbocycles. The van der Waals surface area contributed by atoms with Gasteiger partial charge in [-0.2, -0.15) is 0 Å². The third kappa shape index (κ3) is 3.62. The van der Waals surface area contributed by atoms with Crippen molar-refractivity contribution in [2.45, 2.75) is 25.0 Å². The molecule has 1 saturated heterocycles. The van der Waals surface area contributed by atoms with E-state index in [1.807, 2.05) is 30.3 Å². The molecule has 0 N–H and O–H groups in total. The molecule has 0 unspecified atom stereocenters. The summed E-state index contributed by atoms with van der Waals surface area (Å²) < 4.78 is 13.0. The van der Waals surface area contributed by atoms with Crippen LogP contribution in [0.5, 0.6) is 0 Å². The zero-order chi connectivity index (χ0) is 17.8. The van der Waals surface area contributed by atoms with Crippen molar-refractivity contribution in [3.8, 4) is 5.69 Å². The van der Waals surface area contributed by atoms with E-state index >= 15 is 0 Å². The molecule has 7 nitrogen and oxygen atoms in total. The first-order chi connectivity index (χ1) is 12.8. The molecule has 132 valence electrons. The number of benzene rings is 2. The molecule has 3 aromatic rings. The topological polar surface area (TPSA) is 79.1 Å². The molecule has 4 rings (SSSR count). The van der Waals surface area contributed by atoms with Crippen LogP contribution in [0.1, 0.15) is 34.9 Å². The molecular formula is C19H18N4O3. The Morgan fingerprint density at radius 1 is 1.12 bits per heavy atom. The Balaban J connectivity index is 1.39. The Morgan fingerprint density at radius 2 is 1.92 bits per heavy atom. The fourth-order valence-electron chi connectivity index (χ4n) is 3.02. The first kappa shape index (κ1) is 16.4. The summed E-state index contributed by atoms with van der Waals surface area (Å²) in [5, 5.41) is 11.0. The molecule has 0 bridgehead atoms. The second-order valence-corrected chi connectivity index (χ2v) is 6.12. The third-order valence-electron chi connectivity index (χ3n) is 4.40. The molecule has 7 heteroatoms. The van der Waals surface area contributed by atoms with E-state index in [-0.39, 0.29) is 18.2 Å². The molecule has 26 heavy (non-hydrogen) atoms. The highest BCUT2D eigenvalue weighted by Crippen LogP contribution is 2.29. The van der Waals surface area contributed by atoms with Crippen LogP contribution in [0.25, 0.3) is 5.69 Å². The van der Waals surface area contributed by atoms with E-state index in [4.69, 9.17) is 9.47 Å². The quantitative estimate of drug-likeness (QED) is 0.673. The lowest BCUT2D eigenvalue weighted by Crippen LogP contribution is -2.28. The molecule has 0 spiro atoms. The summed E-state index contributed by atoms with van der Waals surface area (Å²) in [6, 6.07) is 17.0. The molecule has 1 aromatic heterocycles. The van der Waals surface area contributed by atoms with Crippen LogP contribution in [0.15, 0.2) is 60.9 Å². The largest absolute Gasteiger partial charge is 0.459 e. The maximum atomic E-state index is 12.4. The predicted octanol–water partition coefficient (Wildman–Crippen LogP) is 2.74. The Morgan fingerprint density at radius 3 is 2.65 bits per heavy atom. The van der Waals surface area contributed by atoms with Gasteiger partial charge < -0.3 is 9.47 Å². The van der Waals surface area contributed by atoms with Gasteiger partial charge in [-0.05, 0) is 40.3 Å². The minimum atomic E-state index is -0.327. The molecule has 1 fully saturated rings. The summed E-state index contributed by atoms with van der Waals surface area (Å²) in [4.78, 5) is 12.4. The molecule has 2 atom stereocenters. The summed E-state index contributed by atoms with van der Waals surface area (Å²) in [6.07, 6.45) is 2.68. The number of nitrogens with zero attached hydrogens (tertiary/aromatic N) is 4. The number of carbonyl (C=O) groups is 1. The second kappa shape index (κ2) is 7.45. The fourth-order valence-corrected chi connectivity index (χ4v) is 3.02. The number of rotatable bonds is 4. The molecular weight excluding hydrogens is 332 g/mol. The molecule has 1 aliphatic heterocycles.